The lowest BCUT2D eigenvalue weighted by Crippen LogP contribution is -2.18. The van der Waals surface area contributed by atoms with Crippen molar-refractivity contribution < 1.29 is 23.8 Å². The fourth-order valence-electron chi connectivity index (χ4n) is 2.23. The van der Waals surface area contributed by atoms with Gasteiger partial charge in [0.05, 0.1) is 12.5 Å². The number of hydrogen-bond acceptors (Lipinski definition) is 3. The van der Waals surface area contributed by atoms with E-state index in [1.165, 1.54) is 12.1 Å². The molecule has 0 bridgehead atoms. The lowest BCUT2D eigenvalue weighted by Gasteiger charge is -2.13. The van der Waals surface area contributed by atoms with E-state index in [-0.39, 0.29) is 18.1 Å². The molecule has 132 valence electrons. The maximum Gasteiger partial charge on any atom is 0.303 e. The van der Waals surface area contributed by atoms with Crippen molar-refractivity contribution in [3.8, 4) is 5.75 Å². The number of carbonyl (C=O) groups excluding carboxylic acids is 1. The van der Waals surface area contributed by atoms with Crippen LogP contribution in [0, 0.1) is 5.82 Å². The molecule has 0 spiro atoms. The third-order valence-corrected chi connectivity index (χ3v) is 3.67. The summed E-state index contributed by atoms with van der Waals surface area (Å²) >= 11 is 0. The first-order valence-corrected chi connectivity index (χ1v) is 7.96. The van der Waals surface area contributed by atoms with Crippen molar-refractivity contribution in [2.75, 3.05) is 11.9 Å². The van der Waals surface area contributed by atoms with E-state index in [4.69, 9.17) is 9.84 Å². The number of aliphatic carboxylic acids is 1. The number of carbonyl (C=O) groups is 2. The van der Waals surface area contributed by atoms with Gasteiger partial charge in [-0.3, -0.25) is 9.59 Å². The largest absolute Gasteiger partial charge is 0.494 e. The van der Waals surface area contributed by atoms with Crippen molar-refractivity contribution in [1.29, 1.82) is 0 Å². The minimum Gasteiger partial charge on any atom is -0.494 e. The summed E-state index contributed by atoms with van der Waals surface area (Å²) in [6.07, 6.45) is 0.491. The molecule has 2 aromatic rings. The first-order valence-electron chi connectivity index (χ1n) is 7.96. The predicted octanol–water partition coefficient (Wildman–Crippen LogP) is 3.81. The summed E-state index contributed by atoms with van der Waals surface area (Å²) in [4.78, 5) is 22.7. The van der Waals surface area contributed by atoms with E-state index in [0.717, 1.165) is 0 Å². The summed E-state index contributed by atoms with van der Waals surface area (Å²) in [7, 11) is 0. The molecule has 1 amide bonds. The van der Waals surface area contributed by atoms with Gasteiger partial charge >= 0.3 is 5.97 Å². The summed E-state index contributed by atoms with van der Waals surface area (Å²) in [6.45, 7) is 2.03. The molecular weight excluding hydrogens is 325 g/mol. The van der Waals surface area contributed by atoms with Gasteiger partial charge in [-0.05, 0) is 55.3 Å². The fraction of sp³-hybridized carbons (Fsp3) is 0.263. The maximum absolute atomic E-state index is 13.3. The van der Waals surface area contributed by atoms with Crippen molar-refractivity contribution >= 4 is 17.6 Å². The maximum atomic E-state index is 13.3. The van der Waals surface area contributed by atoms with Crippen LogP contribution in [0.1, 0.15) is 31.2 Å². The number of nitrogens with one attached hydrogen (secondary N) is 1. The van der Waals surface area contributed by atoms with Gasteiger partial charge in [0.25, 0.3) is 0 Å². The zero-order chi connectivity index (χ0) is 18.2. The van der Waals surface area contributed by atoms with E-state index in [2.05, 4.69) is 5.32 Å². The van der Waals surface area contributed by atoms with Gasteiger partial charge in [0, 0.05) is 12.1 Å². The zero-order valence-electron chi connectivity index (χ0n) is 13.9. The number of hydrogen-bond donors (Lipinski definition) is 2. The highest BCUT2D eigenvalue weighted by Gasteiger charge is 2.15. The van der Waals surface area contributed by atoms with Crippen LogP contribution in [0.25, 0.3) is 0 Å². The van der Waals surface area contributed by atoms with E-state index < -0.39 is 11.9 Å². The van der Waals surface area contributed by atoms with E-state index in [0.29, 0.717) is 30.0 Å². The van der Waals surface area contributed by atoms with Gasteiger partial charge in [0.15, 0.2) is 0 Å². The molecule has 0 aliphatic heterocycles. The van der Waals surface area contributed by atoms with Crippen molar-refractivity contribution in [3.05, 3.63) is 59.9 Å². The second-order valence-corrected chi connectivity index (χ2v) is 5.64. The minimum atomic E-state index is -0.853. The van der Waals surface area contributed by atoms with E-state index in [1.807, 2.05) is 0 Å². The lowest BCUT2D eigenvalue weighted by atomic mass is 10.0. The zero-order valence-corrected chi connectivity index (χ0v) is 13.9. The van der Waals surface area contributed by atoms with Gasteiger partial charge in [0.2, 0.25) is 5.91 Å². The van der Waals surface area contributed by atoms with Crippen molar-refractivity contribution in [2.45, 2.75) is 25.7 Å². The van der Waals surface area contributed by atoms with Crippen LogP contribution in [0.4, 0.5) is 10.1 Å². The van der Waals surface area contributed by atoms with Crippen LogP contribution in [0.5, 0.6) is 5.75 Å². The van der Waals surface area contributed by atoms with Crippen LogP contribution in [-0.2, 0) is 9.59 Å². The second kappa shape index (κ2) is 8.82. The Labute approximate surface area is 145 Å². The Kier molecular flexibility index (Phi) is 6.51. The number of carboxylic acids is 1. The average molecular weight is 345 g/mol. The molecule has 0 aromatic heterocycles. The van der Waals surface area contributed by atoms with E-state index in [1.54, 1.807) is 43.3 Å². The molecule has 1 atom stereocenters. The summed E-state index contributed by atoms with van der Waals surface area (Å²) in [5, 5.41) is 11.3. The molecule has 0 saturated heterocycles. The minimum absolute atomic E-state index is 0.0616. The predicted molar refractivity (Wildman–Crippen MR) is 92.3 cm³/mol. The summed E-state index contributed by atoms with van der Waals surface area (Å²) in [5.74, 6) is -1.35. The van der Waals surface area contributed by atoms with Crippen LogP contribution in [0.3, 0.4) is 0 Å². The molecule has 1 unspecified atom stereocenters. The molecule has 0 aliphatic carbocycles. The number of halogens is 1. The third-order valence-electron chi connectivity index (χ3n) is 3.67. The number of rotatable bonds is 8. The highest BCUT2D eigenvalue weighted by atomic mass is 19.1. The highest BCUT2D eigenvalue weighted by molar-refractivity contribution is 5.95. The summed E-state index contributed by atoms with van der Waals surface area (Å²) in [5.41, 5.74) is 1.21. The number of benzene rings is 2. The summed E-state index contributed by atoms with van der Waals surface area (Å²) in [6, 6.07) is 12.8. The first kappa shape index (κ1) is 18.4. The molecule has 0 fully saturated rings. The molecule has 2 N–H and O–H groups in total. The molecule has 2 aromatic carbocycles. The third kappa shape index (κ3) is 5.91. The number of anilines is 1. The number of ether oxygens (including phenoxy) is 1. The highest BCUT2D eigenvalue weighted by Crippen LogP contribution is 2.20. The SMILES string of the molecule is CC(C(=O)Nc1ccc(OCCCC(=O)O)cc1)c1cccc(F)c1. The molecule has 6 heteroatoms. The molecule has 25 heavy (non-hydrogen) atoms. The standard InChI is InChI=1S/C19H20FNO4/c1-13(14-4-2-5-15(20)12-14)19(24)21-16-7-9-17(10-8-16)25-11-3-6-18(22)23/h2,4-5,7-10,12-13H,3,6,11H2,1H3,(H,21,24)(H,22,23). The number of carboxylic acid groups (broad SMARTS) is 1. The molecule has 0 saturated carbocycles. The number of amides is 1. The topological polar surface area (TPSA) is 75.6 Å². The van der Waals surface area contributed by atoms with Gasteiger partial charge in [-0.15, -0.1) is 0 Å². The van der Waals surface area contributed by atoms with Gasteiger partial charge < -0.3 is 15.2 Å². The average Bonchev–Trinajstić information content (AvgIpc) is 2.59. The van der Waals surface area contributed by atoms with Crippen LogP contribution >= 0.6 is 0 Å². The van der Waals surface area contributed by atoms with Crippen LogP contribution < -0.4 is 10.1 Å². The van der Waals surface area contributed by atoms with Crippen molar-refractivity contribution in [3.63, 3.8) is 0 Å². The monoisotopic (exact) mass is 345 g/mol. The van der Waals surface area contributed by atoms with Gasteiger partial charge in [-0.2, -0.15) is 0 Å². The Morgan fingerprint density at radius 3 is 2.56 bits per heavy atom. The Bertz CT molecular complexity index is 730. The second-order valence-electron chi connectivity index (χ2n) is 5.64. The van der Waals surface area contributed by atoms with E-state index in [9.17, 15) is 14.0 Å². The van der Waals surface area contributed by atoms with Crippen LogP contribution in [-0.4, -0.2) is 23.6 Å². The van der Waals surface area contributed by atoms with Gasteiger partial charge in [-0.1, -0.05) is 12.1 Å². The Balaban J connectivity index is 1.87. The molecule has 0 heterocycles. The fourth-order valence-corrected chi connectivity index (χ4v) is 2.23. The molecular formula is C19H20FNO4. The first-order chi connectivity index (χ1) is 12.0. The van der Waals surface area contributed by atoms with Crippen molar-refractivity contribution in [2.24, 2.45) is 0 Å². The molecule has 2 rings (SSSR count). The van der Waals surface area contributed by atoms with Gasteiger partial charge in [-0.25, -0.2) is 4.39 Å². The van der Waals surface area contributed by atoms with Crippen LogP contribution in [0.15, 0.2) is 48.5 Å². The Morgan fingerprint density at radius 2 is 1.92 bits per heavy atom. The Morgan fingerprint density at radius 1 is 1.20 bits per heavy atom. The van der Waals surface area contributed by atoms with Crippen LogP contribution in [0.2, 0.25) is 0 Å². The molecule has 0 radical (unpaired) electrons. The van der Waals surface area contributed by atoms with E-state index >= 15 is 0 Å². The Hall–Kier alpha value is -2.89. The van der Waals surface area contributed by atoms with Crippen molar-refractivity contribution in [1.82, 2.24) is 0 Å². The smallest absolute Gasteiger partial charge is 0.303 e. The quantitative estimate of drug-likeness (QED) is 0.713. The normalized spacial score (nSPS) is 11.6. The summed E-state index contributed by atoms with van der Waals surface area (Å²) < 4.78 is 18.7. The molecule has 0 aliphatic rings. The molecule has 5 nitrogen and oxygen atoms in total. The van der Waals surface area contributed by atoms with Gasteiger partial charge in [0.1, 0.15) is 11.6 Å². The lowest BCUT2D eigenvalue weighted by molar-refractivity contribution is -0.137.